The van der Waals surface area contributed by atoms with E-state index in [9.17, 15) is 22.7 Å². The Bertz CT molecular complexity index is 1860. The lowest BCUT2D eigenvalue weighted by Crippen LogP contribution is -2.34. The van der Waals surface area contributed by atoms with Crippen molar-refractivity contribution in [2.24, 2.45) is 0 Å². The number of nitrogens with one attached hydrogen (secondary N) is 1. The third-order valence-electron chi connectivity index (χ3n) is 7.06. The van der Waals surface area contributed by atoms with Crippen LogP contribution in [0.25, 0.3) is 0 Å². The van der Waals surface area contributed by atoms with Gasteiger partial charge >= 0.3 is 6.09 Å². The number of hydrogen-bond donors (Lipinski definition) is 2. The van der Waals surface area contributed by atoms with Crippen LogP contribution in [0.3, 0.4) is 0 Å². The number of thiazole rings is 1. The number of anilines is 4. The molecular formula is C30H32ClF2N5O7S2. The zero-order valence-corrected chi connectivity index (χ0v) is 28.3. The van der Waals surface area contributed by atoms with E-state index in [1.54, 1.807) is 48.3 Å². The molecule has 2 N–H and O–H groups in total. The van der Waals surface area contributed by atoms with Crippen molar-refractivity contribution in [3.63, 3.8) is 0 Å². The molecule has 0 bridgehead atoms. The van der Waals surface area contributed by atoms with Crippen molar-refractivity contribution >= 4 is 61.2 Å². The zero-order valence-electron chi connectivity index (χ0n) is 26.0. The Morgan fingerprint density at radius 2 is 1.66 bits per heavy atom. The van der Waals surface area contributed by atoms with Gasteiger partial charge in [-0.2, -0.15) is 4.39 Å². The number of sulfonamides is 1. The summed E-state index contributed by atoms with van der Waals surface area (Å²) in [6.07, 6.45) is -0.214. The third kappa shape index (κ3) is 8.07. The summed E-state index contributed by atoms with van der Waals surface area (Å²) in [6.45, 7) is 0.112. The summed E-state index contributed by atoms with van der Waals surface area (Å²) in [5.41, 5.74) is 1.45. The van der Waals surface area contributed by atoms with Crippen molar-refractivity contribution in [3.05, 3.63) is 76.3 Å². The van der Waals surface area contributed by atoms with E-state index in [1.807, 2.05) is 0 Å². The number of nitrogens with zero attached hydrogens (tertiary/aromatic N) is 4. The standard InChI is InChI=1S/C30H32ClF2N5O7S2/c1-36(10-11-37(2)30(39)40)25-12-19(43-3)8-9-23(25)35-24-15-22(32)27(14-21(24)31)47(41,42)38(29-34-16-28(33)46-29)17-18-6-7-20(44-4)13-26(18)45-5/h6-9,12-16,35H,10-11,17H2,1-5H3,(H,39,40). The molecule has 0 aliphatic heterocycles. The second kappa shape index (κ2) is 14.9. The Hall–Kier alpha value is -4.54. The van der Waals surface area contributed by atoms with E-state index in [4.69, 9.17) is 25.8 Å². The molecule has 4 aromatic rings. The molecule has 1 amide bonds. The van der Waals surface area contributed by atoms with E-state index in [0.29, 0.717) is 46.3 Å². The monoisotopic (exact) mass is 711 g/mol. The minimum Gasteiger partial charge on any atom is -0.497 e. The highest BCUT2D eigenvalue weighted by Gasteiger charge is 2.32. The van der Waals surface area contributed by atoms with Gasteiger partial charge in [0.15, 0.2) is 5.13 Å². The molecule has 12 nitrogen and oxygen atoms in total. The van der Waals surface area contributed by atoms with Crippen LogP contribution in [0, 0.1) is 10.9 Å². The van der Waals surface area contributed by atoms with Crippen LogP contribution in [-0.2, 0) is 16.6 Å². The topological polar surface area (TPSA) is 134 Å². The second-order valence-corrected chi connectivity index (χ2v) is 13.2. The Labute approximate surface area is 279 Å². The lowest BCUT2D eigenvalue weighted by atomic mass is 10.2. The fourth-order valence-electron chi connectivity index (χ4n) is 4.42. The number of rotatable bonds is 14. The lowest BCUT2D eigenvalue weighted by molar-refractivity contribution is 0.157. The summed E-state index contributed by atoms with van der Waals surface area (Å²) in [6, 6.07) is 11.6. The van der Waals surface area contributed by atoms with Crippen LogP contribution < -0.4 is 28.7 Å². The summed E-state index contributed by atoms with van der Waals surface area (Å²) in [7, 11) is 2.81. The Morgan fingerprint density at radius 3 is 2.28 bits per heavy atom. The first-order valence-corrected chi connectivity index (χ1v) is 16.4. The van der Waals surface area contributed by atoms with Gasteiger partial charge in [-0.25, -0.2) is 26.9 Å². The summed E-state index contributed by atoms with van der Waals surface area (Å²) in [5.74, 6) is 0.122. The predicted molar refractivity (Wildman–Crippen MR) is 177 cm³/mol. The first-order chi connectivity index (χ1) is 22.3. The van der Waals surface area contributed by atoms with E-state index in [-0.39, 0.29) is 34.7 Å². The minimum absolute atomic E-state index is 0.0502. The molecular weight excluding hydrogens is 680 g/mol. The largest absolute Gasteiger partial charge is 0.497 e. The molecule has 4 rings (SSSR count). The second-order valence-electron chi connectivity index (χ2n) is 10.0. The number of likely N-dealkylation sites (N-methyl/N-ethyl adjacent to an activating group) is 2. The summed E-state index contributed by atoms with van der Waals surface area (Å²) in [4.78, 5) is 17.3. The average Bonchev–Trinajstić information content (AvgIpc) is 3.48. The van der Waals surface area contributed by atoms with Gasteiger partial charge in [0.1, 0.15) is 28.0 Å². The fraction of sp³-hybridized carbons (Fsp3) is 0.267. The van der Waals surface area contributed by atoms with Gasteiger partial charge in [-0.3, -0.25) is 0 Å². The van der Waals surface area contributed by atoms with Gasteiger partial charge in [-0.15, -0.1) is 0 Å². The van der Waals surface area contributed by atoms with Gasteiger partial charge < -0.3 is 34.4 Å². The number of amides is 1. The maximum atomic E-state index is 15.8. The Morgan fingerprint density at radius 1 is 0.979 bits per heavy atom. The number of benzene rings is 3. The molecule has 3 aromatic carbocycles. The number of carboxylic acid groups (broad SMARTS) is 1. The van der Waals surface area contributed by atoms with Crippen LogP contribution in [0.4, 0.5) is 35.8 Å². The van der Waals surface area contributed by atoms with Gasteiger partial charge in [0.05, 0.1) is 56.2 Å². The van der Waals surface area contributed by atoms with Gasteiger partial charge in [-0.1, -0.05) is 22.9 Å². The molecule has 0 saturated carbocycles. The van der Waals surface area contributed by atoms with Crippen LogP contribution in [0.2, 0.25) is 5.02 Å². The van der Waals surface area contributed by atoms with E-state index < -0.39 is 32.0 Å². The van der Waals surface area contributed by atoms with Gasteiger partial charge in [-0.05, 0) is 30.3 Å². The molecule has 0 fully saturated rings. The maximum absolute atomic E-state index is 15.8. The molecule has 1 aromatic heterocycles. The summed E-state index contributed by atoms with van der Waals surface area (Å²) < 4.78 is 74.7. The van der Waals surface area contributed by atoms with Gasteiger partial charge in [0.2, 0.25) is 5.13 Å². The smallest absolute Gasteiger partial charge is 0.407 e. The lowest BCUT2D eigenvalue weighted by Gasteiger charge is -2.26. The fourth-order valence-corrected chi connectivity index (χ4v) is 7.02. The van der Waals surface area contributed by atoms with E-state index in [1.165, 1.54) is 28.4 Å². The van der Waals surface area contributed by atoms with E-state index >= 15 is 4.39 Å². The number of aromatic nitrogens is 1. The number of hydrogen-bond acceptors (Lipinski definition) is 10. The molecule has 0 radical (unpaired) electrons. The first kappa shape index (κ1) is 35.3. The third-order valence-corrected chi connectivity index (χ3v) is 10.0. The van der Waals surface area contributed by atoms with Crippen molar-refractivity contribution in [3.8, 4) is 17.2 Å². The minimum atomic E-state index is -4.71. The number of ether oxygens (including phenoxy) is 3. The molecule has 0 atom stereocenters. The van der Waals surface area contributed by atoms with Crippen molar-refractivity contribution in [2.75, 3.05) is 63.0 Å². The van der Waals surface area contributed by atoms with Crippen LogP contribution in [0.5, 0.6) is 17.2 Å². The van der Waals surface area contributed by atoms with E-state index in [0.717, 1.165) is 27.5 Å². The summed E-state index contributed by atoms with van der Waals surface area (Å²) >= 11 is 7.02. The van der Waals surface area contributed by atoms with Crippen molar-refractivity contribution < 1.29 is 41.3 Å². The number of carbonyl (C=O) groups is 1. The molecule has 47 heavy (non-hydrogen) atoms. The van der Waals surface area contributed by atoms with Crippen LogP contribution in [-0.4, -0.2) is 78.0 Å². The van der Waals surface area contributed by atoms with Crippen molar-refractivity contribution in [1.29, 1.82) is 0 Å². The molecule has 252 valence electrons. The van der Waals surface area contributed by atoms with Crippen molar-refractivity contribution in [1.82, 2.24) is 9.88 Å². The molecule has 17 heteroatoms. The molecule has 0 aliphatic carbocycles. The summed E-state index contributed by atoms with van der Waals surface area (Å²) in [5, 5.41) is 11.1. The molecule has 0 spiro atoms. The number of methoxy groups -OCH3 is 3. The Kier molecular flexibility index (Phi) is 11.2. The molecule has 0 unspecified atom stereocenters. The SMILES string of the molecule is COc1ccc(CN(c2ncc(F)s2)S(=O)(=O)c2cc(Cl)c(Nc3ccc(OC)cc3N(C)CCN(C)C(=O)O)cc2F)c(OC)c1. The van der Waals surface area contributed by atoms with Crippen LogP contribution >= 0.6 is 22.9 Å². The Balaban J connectivity index is 1.71. The van der Waals surface area contributed by atoms with Crippen molar-refractivity contribution in [2.45, 2.75) is 11.4 Å². The highest BCUT2D eigenvalue weighted by atomic mass is 35.5. The van der Waals surface area contributed by atoms with Gasteiger partial charge in [0.25, 0.3) is 10.0 Å². The van der Waals surface area contributed by atoms with Crippen LogP contribution in [0.15, 0.2) is 59.6 Å². The highest BCUT2D eigenvalue weighted by Crippen LogP contribution is 2.38. The maximum Gasteiger partial charge on any atom is 0.407 e. The highest BCUT2D eigenvalue weighted by molar-refractivity contribution is 7.93. The molecule has 1 heterocycles. The quantitative estimate of drug-likeness (QED) is 0.154. The molecule has 0 saturated heterocycles. The normalized spacial score (nSPS) is 11.1. The first-order valence-electron chi connectivity index (χ1n) is 13.7. The van der Waals surface area contributed by atoms with Crippen LogP contribution in [0.1, 0.15) is 5.56 Å². The van der Waals surface area contributed by atoms with E-state index in [2.05, 4.69) is 10.3 Å². The zero-order chi connectivity index (χ0) is 34.5. The van der Waals surface area contributed by atoms with Gasteiger partial charge in [0, 0.05) is 50.9 Å². The molecule has 0 aliphatic rings. The number of halogens is 3. The average molecular weight is 712 g/mol. The predicted octanol–water partition coefficient (Wildman–Crippen LogP) is 6.29.